The van der Waals surface area contributed by atoms with Gasteiger partial charge in [-0.3, -0.25) is 0 Å². The lowest BCUT2D eigenvalue weighted by Gasteiger charge is -1.61. The third-order valence-corrected chi connectivity index (χ3v) is 0. The van der Waals surface area contributed by atoms with Gasteiger partial charge in [0.15, 0.2) is 0 Å². The predicted molar refractivity (Wildman–Crippen MR) is 26.4 cm³/mol. The van der Waals surface area contributed by atoms with Crippen LogP contribution in [-0.2, 0) is 0 Å². The van der Waals surface area contributed by atoms with Crippen LogP contribution in [0.25, 0.3) is 0 Å². The smallest absolute Gasteiger partial charge is 0.242 e. The maximum atomic E-state index is 5.33. The van der Waals surface area contributed by atoms with Crippen LogP contribution in [0, 0.1) is 0 Å². The molecule has 0 aliphatic rings. The monoisotopic (exact) mass is 156 g/mol. The van der Waals surface area contributed by atoms with Crippen LogP contribution in [0.5, 0.6) is 0 Å². The first kappa shape index (κ1) is 5.30. The van der Waals surface area contributed by atoms with Gasteiger partial charge in [0, 0.05) is 0 Å². The summed E-state index contributed by atoms with van der Waals surface area (Å²) in [7, 11) is 5.33. The normalized spacial score (nSPS) is 6.75. The van der Waals surface area contributed by atoms with Crippen molar-refractivity contribution < 1.29 is 0 Å². The van der Waals surface area contributed by atoms with Crippen molar-refractivity contribution in [2.24, 2.45) is 0 Å². The third-order valence-electron chi connectivity index (χ3n) is 0. The summed E-state index contributed by atoms with van der Waals surface area (Å²) < 4.78 is 0. The van der Waals surface area contributed by atoms with Crippen LogP contribution in [0.3, 0.4) is 0 Å². The van der Waals surface area contributed by atoms with Crippen LogP contribution in [0.2, 0.25) is 5.79 Å². The fourth-order valence-corrected chi connectivity index (χ4v) is 0. The van der Waals surface area contributed by atoms with Crippen molar-refractivity contribution in [2.45, 2.75) is 5.79 Å². The Morgan fingerprint density at radius 1 is 2.00 bits per heavy atom. The first-order chi connectivity index (χ1) is 1.73. The minimum atomic E-state index is -0.854. The summed E-state index contributed by atoms with van der Waals surface area (Å²) in [4.78, 5) is 0. The highest BCUT2D eigenvalue weighted by Gasteiger charge is 1.92. The lowest BCUT2D eigenvalue weighted by Crippen LogP contribution is -1.71. The molecule has 0 rings (SSSR count). The number of hydrogen-bond donors (Lipinski definition) is 0. The van der Waals surface area contributed by atoms with E-state index in [0.29, 0.717) is 0 Å². The maximum Gasteiger partial charge on any atom is 0.484 e. The fourth-order valence-electron chi connectivity index (χ4n) is 0. The molecular weight excluding hydrogens is 154 g/mol. The van der Waals surface area contributed by atoms with Gasteiger partial charge in [-0.2, -0.15) is 14.1 Å². The molecule has 0 nitrogen and oxygen atoms in total. The highest BCUT2D eigenvalue weighted by Crippen LogP contribution is 1.93. The highest BCUT2D eigenvalue weighted by atomic mass is 79.9. The Labute approximate surface area is 41.4 Å². The molecule has 0 saturated carbocycles. The lowest BCUT2D eigenvalue weighted by molar-refractivity contribution is 2.36. The van der Waals surface area contributed by atoms with E-state index in [1.54, 1.807) is 0 Å². The van der Waals surface area contributed by atoms with Gasteiger partial charge in [0.2, 0.25) is 0 Å². The average molecular weight is 157 g/mol. The van der Waals surface area contributed by atoms with Crippen molar-refractivity contribution in [3.8, 4) is 0 Å². The molecule has 24 valence electrons. The van der Waals surface area contributed by atoms with Crippen molar-refractivity contribution in [3.63, 3.8) is 0 Å². The summed E-state index contributed by atoms with van der Waals surface area (Å²) in [5.74, 6) is 1.99. The van der Waals surface area contributed by atoms with Gasteiger partial charge in [0.1, 0.15) is 0 Å². The van der Waals surface area contributed by atoms with Gasteiger partial charge < -0.3 is 0 Å². The standard InChI is InChI=1S/CH3.Al.BrH.ClH/h1H3;;2*1H/q;+2;;/p-2. The van der Waals surface area contributed by atoms with Crippen LogP contribution in [-0.4, -0.2) is 11.4 Å². The van der Waals surface area contributed by atoms with Crippen LogP contribution in [0.4, 0.5) is 0 Å². The Morgan fingerprint density at radius 3 is 2.00 bits per heavy atom. The van der Waals surface area contributed by atoms with Gasteiger partial charge >= 0.3 is 11.4 Å². The Hall–Kier alpha value is 1.30. The first-order valence-corrected chi connectivity index (χ1v) is 7.10. The summed E-state index contributed by atoms with van der Waals surface area (Å²) in [6.45, 7) is 0. The molecule has 0 spiro atoms. The molecular formula is CH3AlBrCl. The SMILES string of the molecule is [CH3][Al]([Cl])[Br]. The average Bonchev–Trinajstić information content (AvgIpc) is 0.811. The number of rotatable bonds is 0. The molecule has 0 atom stereocenters. The molecule has 0 N–H and O–H groups in total. The van der Waals surface area contributed by atoms with E-state index in [4.69, 9.17) is 10.0 Å². The number of hydrogen-bond acceptors (Lipinski definition) is 0. The molecule has 0 amide bonds. The Kier molecular flexibility index (Phi) is 3.36. The molecule has 0 heterocycles. The van der Waals surface area contributed by atoms with Gasteiger partial charge in [0.25, 0.3) is 0 Å². The second-order valence-corrected chi connectivity index (χ2v) is 9.22. The van der Waals surface area contributed by atoms with E-state index in [9.17, 15) is 0 Å². The largest absolute Gasteiger partial charge is 0.484 e. The molecule has 0 aliphatic heterocycles. The van der Waals surface area contributed by atoms with Gasteiger partial charge in [-0.15, -0.1) is 0 Å². The molecule has 0 aromatic carbocycles. The van der Waals surface area contributed by atoms with E-state index in [2.05, 4.69) is 14.1 Å². The topological polar surface area (TPSA) is 0 Å². The van der Waals surface area contributed by atoms with E-state index >= 15 is 0 Å². The highest BCUT2D eigenvalue weighted by molar-refractivity contribution is 9.25. The zero-order valence-corrected chi connectivity index (χ0v) is 5.83. The first-order valence-electron chi connectivity index (χ1n) is 1.01. The van der Waals surface area contributed by atoms with Crippen molar-refractivity contribution in [1.29, 1.82) is 0 Å². The fraction of sp³-hybridized carbons (Fsp3) is 1.00. The molecule has 3 heteroatoms. The van der Waals surface area contributed by atoms with Gasteiger partial charge in [-0.25, -0.2) is 10.0 Å². The lowest BCUT2D eigenvalue weighted by atomic mass is 11.9. The molecule has 0 unspecified atom stereocenters. The minimum Gasteiger partial charge on any atom is -0.242 e. The van der Waals surface area contributed by atoms with Crippen LogP contribution < -0.4 is 0 Å². The van der Waals surface area contributed by atoms with E-state index in [0.717, 1.165) is 0 Å². The molecule has 0 aromatic heterocycles. The van der Waals surface area contributed by atoms with Crippen LogP contribution >= 0.6 is 24.1 Å². The molecule has 4 heavy (non-hydrogen) atoms. The quantitative estimate of drug-likeness (QED) is 0.470. The summed E-state index contributed by atoms with van der Waals surface area (Å²) in [5.41, 5.74) is 0. The second-order valence-electron chi connectivity index (χ2n) is 0.519. The molecule has 0 radical (unpaired) electrons. The molecule has 0 fully saturated rings. The maximum absolute atomic E-state index is 5.33. The minimum absolute atomic E-state index is 0.854. The van der Waals surface area contributed by atoms with E-state index in [-0.39, 0.29) is 0 Å². The summed E-state index contributed by atoms with van der Waals surface area (Å²) in [6.07, 6.45) is 0. The van der Waals surface area contributed by atoms with Crippen molar-refractivity contribution in [1.82, 2.24) is 0 Å². The molecule has 0 aliphatic carbocycles. The molecule has 0 aromatic rings. The summed E-state index contributed by atoms with van der Waals surface area (Å²) >= 11 is 2.32. The summed E-state index contributed by atoms with van der Waals surface area (Å²) in [5, 5.41) is 0. The van der Waals surface area contributed by atoms with Crippen LogP contribution in [0.1, 0.15) is 0 Å². The number of halogens is 2. The van der Waals surface area contributed by atoms with Crippen molar-refractivity contribution in [3.05, 3.63) is 0 Å². The van der Waals surface area contributed by atoms with Crippen molar-refractivity contribution in [2.75, 3.05) is 0 Å². The Bertz CT molecular complexity index is 12.8. The Balaban J connectivity index is 2.32. The van der Waals surface area contributed by atoms with Crippen molar-refractivity contribution >= 4 is 35.5 Å². The zero-order chi connectivity index (χ0) is 3.58. The predicted octanol–water partition coefficient (Wildman–Crippen LogP) is 1.74. The Morgan fingerprint density at radius 2 is 2.00 bits per heavy atom. The van der Waals surface area contributed by atoms with Gasteiger partial charge in [-0.05, 0) is 0 Å². The second kappa shape index (κ2) is 2.53. The van der Waals surface area contributed by atoms with E-state index in [1.807, 2.05) is 5.79 Å². The molecule has 0 saturated heterocycles. The van der Waals surface area contributed by atoms with E-state index in [1.165, 1.54) is 0 Å². The zero-order valence-electron chi connectivity index (χ0n) is 2.33. The van der Waals surface area contributed by atoms with Gasteiger partial charge in [0.05, 0.1) is 0 Å². The summed E-state index contributed by atoms with van der Waals surface area (Å²) in [6, 6.07) is 0. The van der Waals surface area contributed by atoms with E-state index < -0.39 is 11.4 Å². The third kappa shape index (κ3) is 10.3. The van der Waals surface area contributed by atoms with Gasteiger partial charge in [-0.1, -0.05) is 5.79 Å². The molecule has 0 bridgehead atoms. The van der Waals surface area contributed by atoms with Crippen LogP contribution in [0.15, 0.2) is 0 Å².